The minimum Gasteiger partial charge on any atom is -0.342 e. The van der Waals surface area contributed by atoms with Gasteiger partial charge in [0.15, 0.2) is 0 Å². The van der Waals surface area contributed by atoms with E-state index >= 15 is 0 Å². The molecule has 0 bridgehead atoms. The number of nitrogens with one attached hydrogen (secondary N) is 1. The highest BCUT2D eigenvalue weighted by molar-refractivity contribution is 6.17. The normalized spacial score (nSPS) is 11.5. The lowest BCUT2D eigenvalue weighted by Crippen LogP contribution is -2.19. The van der Waals surface area contributed by atoms with Crippen LogP contribution in [0.5, 0.6) is 0 Å². The summed E-state index contributed by atoms with van der Waals surface area (Å²) in [6, 6.07) is 6.93. The first-order valence-corrected chi connectivity index (χ1v) is 5.92. The fourth-order valence-corrected chi connectivity index (χ4v) is 1.84. The van der Waals surface area contributed by atoms with Gasteiger partial charge in [-0.15, -0.1) is 11.6 Å². The molecule has 0 spiro atoms. The van der Waals surface area contributed by atoms with Gasteiger partial charge in [0.1, 0.15) is 5.82 Å². The molecule has 0 aliphatic heterocycles. The average Bonchev–Trinajstić information content (AvgIpc) is 2.65. The van der Waals surface area contributed by atoms with E-state index in [9.17, 15) is 0 Å². The molecule has 0 amide bonds. The molecule has 16 heavy (non-hydrogen) atoms. The van der Waals surface area contributed by atoms with Crippen molar-refractivity contribution in [1.29, 1.82) is 0 Å². The molecule has 1 N–H and O–H groups in total. The molecule has 1 heterocycles. The number of likely N-dealkylation sites (N-methyl/N-ethyl adjacent to an activating group) is 1. The molecule has 0 unspecified atom stereocenters. The quantitative estimate of drug-likeness (QED) is 0.655. The summed E-state index contributed by atoms with van der Waals surface area (Å²) >= 11 is 5.73. The predicted molar refractivity (Wildman–Crippen MR) is 67.9 cm³/mol. The topological polar surface area (TPSA) is 31.9 Å². The van der Waals surface area contributed by atoms with Gasteiger partial charge in [0.05, 0.1) is 17.0 Å². The maximum atomic E-state index is 5.73. The molecule has 0 atom stereocenters. The number of hydrogen-bond acceptors (Lipinski definition) is 2. The van der Waals surface area contributed by atoms with Gasteiger partial charge in [-0.05, 0) is 38.1 Å². The molecule has 0 radical (unpaired) electrons. The van der Waals surface area contributed by atoms with E-state index < -0.39 is 0 Å². The van der Waals surface area contributed by atoms with Crippen LogP contribution in [0.15, 0.2) is 18.2 Å². The van der Waals surface area contributed by atoms with Crippen molar-refractivity contribution in [2.45, 2.75) is 13.3 Å². The Hall–Kier alpha value is -1.06. The molecule has 86 valence electrons. The van der Waals surface area contributed by atoms with E-state index in [2.05, 4.69) is 33.1 Å². The summed E-state index contributed by atoms with van der Waals surface area (Å²) in [6.45, 7) is 2.95. The van der Waals surface area contributed by atoms with Gasteiger partial charge < -0.3 is 4.98 Å². The van der Waals surface area contributed by atoms with Gasteiger partial charge >= 0.3 is 0 Å². The third-order valence-electron chi connectivity index (χ3n) is 2.65. The first-order chi connectivity index (χ1) is 7.69. The number of nitrogens with zero attached hydrogens (tertiary/aromatic N) is 2. The number of benzene rings is 1. The smallest absolute Gasteiger partial charge is 0.104 e. The van der Waals surface area contributed by atoms with Crippen LogP contribution >= 0.6 is 11.6 Å². The number of H-pyrrole nitrogens is 1. The average molecular weight is 238 g/mol. The summed E-state index contributed by atoms with van der Waals surface area (Å²) in [6.07, 6.45) is 1.01. The van der Waals surface area contributed by atoms with Gasteiger partial charge in [-0.25, -0.2) is 4.98 Å². The van der Waals surface area contributed by atoms with Crippen LogP contribution < -0.4 is 0 Å². The van der Waals surface area contributed by atoms with Crippen molar-refractivity contribution in [2.24, 2.45) is 0 Å². The van der Waals surface area contributed by atoms with E-state index in [1.807, 2.05) is 14.0 Å². The first kappa shape index (κ1) is 11.4. The number of fused-ring (bicyclic) bond motifs is 1. The van der Waals surface area contributed by atoms with Crippen molar-refractivity contribution in [3.63, 3.8) is 0 Å². The summed E-state index contributed by atoms with van der Waals surface area (Å²) in [5.74, 6) is 0.963. The van der Waals surface area contributed by atoms with Gasteiger partial charge in [-0.1, -0.05) is 6.07 Å². The molecule has 0 saturated heterocycles. The Morgan fingerprint density at radius 3 is 3.00 bits per heavy atom. The van der Waals surface area contributed by atoms with Crippen LogP contribution in [0.4, 0.5) is 0 Å². The SMILES string of the molecule is Cc1nc2ccc(CCN(C)CCl)cc2[nH]1. The second-order valence-corrected chi connectivity index (χ2v) is 4.36. The number of hydrogen-bond donors (Lipinski definition) is 1. The molecule has 2 aromatic rings. The van der Waals surface area contributed by atoms with Crippen LogP contribution in [0.1, 0.15) is 11.4 Å². The standard InChI is InChI=1S/C12H16ClN3/c1-9-14-11-4-3-10(7-12(11)15-9)5-6-16(2)8-13/h3-4,7H,5-6,8H2,1-2H3,(H,14,15). The number of alkyl halides is 1. The van der Waals surface area contributed by atoms with Crippen LogP contribution in [0, 0.1) is 6.92 Å². The number of imidazole rings is 1. The lowest BCUT2D eigenvalue weighted by Gasteiger charge is -2.11. The van der Waals surface area contributed by atoms with Crippen LogP contribution in [0.3, 0.4) is 0 Å². The second-order valence-electron chi connectivity index (χ2n) is 4.12. The maximum absolute atomic E-state index is 5.73. The largest absolute Gasteiger partial charge is 0.342 e. The maximum Gasteiger partial charge on any atom is 0.104 e. The zero-order valence-electron chi connectivity index (χ0n) is 9.63. The van der Waals surface area contributed by atoms with Crippen LogP contribution in [-0.2, 0) is 6.42 Å². The van der Waals surface area contributed by atoms with Crippen molar-refractivity contribution in [1.82, 2.24) is 14.9 Å². The zero-order chi connectivity index (χ0) is 11.5. The Morgan fingerprint density at radius 1 is 1.44 bits per heavy atom. The third kappa shape index (κ3) is 2.54. The van der Waals surface area contributed by atoms with Gasteiger partial charge in [0, 0.05) is 6.54 Å². The first-order valence-electron chi connectivity index (χ1n) is 5.39. The summed E-state index contributed by atoms with van der Waals surface area (Å²) in [4.78, 5) is 9.72. The molecule has 3 nitrogen and oxygen atoms in total. The molecule has 0 aliphatic rings. The van der Waals surface area contributed by atoms with Crippen molar-refractivity contribution in [3.05, 3.63) is 29.6 Å². The Kier molecular flexibility index (Phi) is 3.46. The van der Waals surface area contributed by atoms with E-state index in [0.29, 0.717) is 6.00 Å². The minimum absolute atomic E-state index is 0.575. The van der Waals surface area contributed by atoms with Gasteiger partial charge in [-0.3, -0.25) is 4.90 Å². The van der Waals surface area contributed by atoms with Crippen molar-refractivity contribution >= 4 is 22.6 Å². The summed E-state index contributed by atoms with van der Waals surface area (Å²) < 4.78 is 0. The number of aromatic amines is 1. The minimum atomic E-state index is 0.575. The molecular formula is C12H16ClN3. The third-order valence-corrected chi connectivity index (χ3v) is 3.06. The number of aryl methyl sites for hydroxylation is 1. The Morgan fingerprint density at radius 2 is 2.25 bits per heavy atom. The highest BCUT2D eigenvalue weighted by Crippen LogP contribution is 2.14. The second kappa shape index (κ2) is 4.85. The molecular weight excluding hydrogens is 222 g/mol. The summed E-state index contributed by atoms with van der Waals surface area (Å²) in [5, 5.41) is 0. The number of halogens is 1. The Bertz CT molecular complexity index is 478. The number of rotatable bonds is 4. The molecule has 1 aromatic carbocycles. The van der Waals surface area contributed by atoms with E-state index in [0.717, 1.165) is 29.8 Å². The molecule has 0 saturated carbocycles. The van der Waals surface area contributed by atoms with E-state index in [4.69, 9.17) is 11.6 Å². The lowest BCUT2D eigenvalue weighted by atomic mass is 10.1. The molecule has 0 fully saturated rings. The number of aromatic nitrogens is 2. The predicted octanol–water partition coefficient (Wildman–Crippen LogP) is 2.54. The summed E-state index contributed by atoms with van der Waals surface area (Å²) in [7, 11) is 2.02. The molecule has 2 rings (SSSR count). The lowest BCUT2D eigenvalue weighted by molar-refractivity contribution is 0.394. The van der Waals surface area contributed by atoms with Crippen molar-refractivity contribution < 1.29 is 0 Å². The summed E-state index contributed by atoms with van der Waals surface area (Å²) in [5.41, 5.74) is 3.46. The van der Waals surface area contributed by atoms with E-state index in [1.165, 1.54) is 5.56 Å². The van der Waals surface area contributed by atoms with Crippen molar-refractivity contribution in [3.8, 4) is 0 Å². The Balaban J connectivity index is 2.13. The monoisotopic (exact) mass is 237 g/mol. The molecule has 0 aliphatic carbocycles. The fourth-order valence-electron chi connectivity index (χ4n) is 1.72. The van der Waals surface area contributed by atoms with E-state index in [-0.39, 0.29) is 0 Å². The highest BCUT2D eigenvalue weighted by Gasteiger charge is 2.02. The van der Waals surface area contributed by atoms with E-state index in [1.54, 1.807) is 0 Å². The van der Waals surface area contributed by atoms with Crippen molar-refractivity contribution in [2.75, 3.05) is 19.6 Å². The highest BCUT2D eigenvalue weighted by atomic mass is 35.5. The van der Waals surface area contributed by atoms with Gasteiger partial charge in [-0.2, -0.15) is 0 Å². The Labute approximate surface area is 100 Å². The zero-order valence-corrected chi connectivity index (χ0v) is 10.4. The van der Waals surface area contributed by atoms with Crippen LogP contribution in [0.25, 0.3) is 11.0 Å². The molecule has 1 aromatic heterocycles. The molecule has 4 heteroatoms. The van der Waals surface area contributed by atoms with Crippen LogP contribution in [-0.4, -0.2) is 34.5 Å². The fraction of sp³-hybridized carbons (Fsp3) is 0.417. The van der Waals surface area contributed by atoms with Gasteiger partial charge in [0.2, 0.25) is 0 Å². The van der Waals surface area contributed by atoms with Gasteiger partial charge in [0.25, 0.3) is 0 Å². The van der Waals surface area contributed by atoms with Crippen LogP contribution in [0.2, 0.25) is 0 Å².